The fourth-order valence-corrected chi connectivity index (χ4v) is 3.41. The van der Waals surface area contributed by atoms with Gasteiger partial charge >= 0.3 is 0 Å². The Morgan fingerprint density at radius 2 is 2.35 bits per heavy atom. The van der Waals surface area contributed by atoms with Crippen LogP contribution in [0.15, 0.2) is 18.5 Å². The predicted octanol–water partition coefficient (Wildman–Crippen LogP) is 2.30. The molecule has 2 N–H and O–H groups in total. The Morgan fingerprint density at radius 1 is 1.53 bits per heavy atom. The molecule has 2 heterocycles. The first-order valence-corrected chi connectivity index (χ1v) is 7.07. The van der Waals surface area contributed by atoms with E-state index in [4.69, 9.17) is 5.73 Å². The third-order valence-corrected chi connectivity index (χ3v) is 5.13. The van der Waals surface area contributed by atoms with Crippen LogP contribution in [-0.4, -0.2) is 25.5 Å². The van der Waals surface area contributed by atoms with Crippen LogP contribution in [0.3, 0.4) is 0 Å². The lowest BCUT2D eigenvalue weighted by atomic mass is 9.84. The summed E-state index contributed by atoms with van der Waals surface area (Å²) >= 11 is 1.95. The van der Waals surface area contributed by atoms with Gasteiger partial charge in [0, 0.05) is 17.5 Å². The van der Waals surface area contributed by atoms with Crippen molar-refractivity contribution in [2.45, 2.75) is 30.6 Å². The molecule has 0 bridgehead atoms. The van der Waals surface area contributed by atoms with Gasteiger partial charge in [0.05, 0.1) is 11.7 Å². The Morgan fingerprint density at radius 3 is 3.00 bits per heavy atom. The van der Waals surface area contributed by atoms with Crippen molar-refractivity contribution < 1.29 is 0 Å². The molecule has 2 aromatic heterocycles. The maximum Gasteiger partial charge on any atom is 0.201 e. The summed E-state index contributed by atoms with van der Waals surface area (Å²) in [7, 11) is 0. The lowest BCUT2D eigenvalue weighted by Gasteiger charge is -2.40. The second kappa shape index (κ2) is 3.91. The summed E-state index contributed by atoms with van der Waals surface area (Å²) < 4.78 is 2.50. The molecule has 3 rings (SSSR count). The first-order valence-electron chi connectivity index (χ1n) is 5.85. The third kappa shape index (κ3) is 1.69. The van der Waals surface area contributed by atoms with Gasteiger partial charge in [0.2, 0.25) is 5.95 Å². The molecular formula is C12H16N4S. The lowest BCUT2D eigenvalue weighted by Crippen LogP contribution is -2.38. The number of nitrogen functional groups attached to an aromatic ring is 1. The zero-order valence-electron chi connectivity index (χ0n) is 9.89. The van der Waals surface area contributed by atoms with Crippen LogP contribution in [0.5, 0.6) is 0 Å². The Balaban J connectivity index is 2.02. The van der Waals surface area contributed by atoms with E-state index >= 15 is 0 Å². The molecule has 0 spiro atoms. The molecule has 0 aliphatic heterocycles. The molecule has 4 nitrogen and oxygen atoms in total. The molecule has 0 aromatic carbocycles. The molecule has 2 aromatic rings. The van der Waals surface area contributed by atoms with Gasteiger partial charge in [-0.05, 0) is 25.2 Å². The van der Waals surface area contributed by atoms with Crippen molar-refractivity contribution in [3.8, 4) is 0 Å². The van der Waals surface area contributed by atoms with Crippen LogP contribution in [-0.2, 0) is 6.54 Å². The van der Waals surface area contributed by atoms with Crippen LogP contribution in [0.1, 0.15) is 19.3 Å². The molecule has 90 valence electrons. The van der Waals surface area contributed by atoms with Gasteiger partial charge in [0.15, 0.2) is 0 Å². The van der Waals surface area contributed by atoms with Crippen molar-refractivity contribution in [2.24, 2.45) is 0 Å². The maximum absolute atomic E-state index is 6.01. The number of pyridine rings is 1. The van der Waals surface area contributed by atoms with Gasteiger partial charge in [-0.15, -0.1) is 0 Å². The molecule has 1 aliphatic carbocycles. The van der Waals surface area contributed by atoms with Crippen molar-refractivity contribution in [3.05, 3.63) is 18.5 Å². The number of hydrogen-bond acceptors (Lipinski definition) is 4. The molecule has 1 saturated carbocycles. The standard InChI is InChI=1S/C12H16N4S/c1-17-12(4-2-5-12)8-16-10-3-6-14-7-9(10)15-11(16)13/h3,6-7H,2,4-5,8H2,1H3,(H2,13,15). The van der Waals surface area contributed by atoms with E-state index in [-0.39, 0.29) is 0 Å². The van der Waals surface area contributed by atoms with Crippen LogP contribution in [0, 0.1) is 0 Å². The monoisotopic (exact) mass is 248 g/mol. The van der Waals surface area contributed by atoms with Gasteiger partial charge in [-0.2, -0.15) is 11.8 Å². The maximum atomic E-state index is 6.01. The van der Waals surface area contributed by atoms with E-state index in [1.165, 1.54) is 19.3 Å². The molecule has 5 heteroatoms. The average molecular weight is 248 g/mol. The zero-order valence-corrected chi connectivity index (χ0v) is 10.7. The molecule has 1 fully saturated rings. The minimum atomic E-state index is 0.366. The number of fused-ring (bicyclic) bond motifs is 1. The van der Waals surface area contributed by atoms with Gasteiger partial charge in [0.1, 0.15) is 5.52 Å². The third-order valence-electron chi connectivity index (χ3n) is 3.72. The van der Waals surface area contributed by atoms with E-state index in [1.54, 1.807) is 12.4 Å². The van der Waals surface area contributed by atoms with Gasteiger partial charge in [-0.25, -0.2) is 4.98 Å². The van der Waals surface area contributed by atoms with Crippen LogP contribution in [0.4, 0.5) is 5.95 Å². The summed E-state index contributed by atoms with van der Waals surface area (Å²) in [5, 5.41) is 0. The van der Waals surface area contributed by atoms with Gasteiger partial charge in [0.25, 0.3) is 0 Å². The quantitative estimate of drug-likeness (QED) is 0.905. The van der Waals surface area contributed by atoms with E-state index in [1.807, 2.05) is 17.8 Å². The van der Waals surface area contributed by atoms with Crippen molar-refractivity contribution in [1.29, 1.82) is 0 Å². The van der Waals surface area contributed by atoms with Crippen molar-refractivity contribution in [1.82, 2.24) is 14.5 Å². The van der Waals surface area contributed by atoms with E-state index < -0.39 is 0 Å². The fourth-order valence-electron chi connectivity index (χ4n) is 2.45. The first-order chi connectivity index (χ1) is 8.24. The zero-order chi connectivity index (χ0) is 11.9. The number of anilines is 1. The molecule has 0 unspecified atom stereocenters. The van der Waals surface area contributed by atoms with E-state index in [2.05, 4.69) is 20.8 Å². The van der Waals surface area contributed by atoms with Crippen molar-refractivity contribution in [3.63, 3.8) is 0 Å². The molecular weight excluding hydrogens is 232 g/mol. The number of rotatable bonds is 3. The average Bonchev–Trinajstić information content (AvgIpc) is 2.60. The van der Waals surface area contributed by atoms with E-state index in [9.17, 15) is 0 Å². The van der Waals surface area contributed by atoms with E-state index in [0.29, 0.717) is 10.7 Å². The number of aromatic nitrogens is 3. The SMILES string of the molecule is CSC1(Cn2c(N)nc3cnccc32)CCC1. The minimum Gasteiger partial charge on any atom is -0.369 e. The highest BCUT2D eigenvalue weighted by molar-refractivity contribution is 8.00. The Kier molecular flexibility index (Phi) is 2.50. The highest BCUT2D eigenvalue weighted by Gasteiger charge is 2.37. The Labute approximate surface area is 105 Å². The highest BCUT2D eigenvalue weighted by atomic mass is 32.2. The van der Waals surface area contributed by atoms with Crippen LogP contribution < -0.4 is 5.73 Å². The molecule has 0 saturated heterocycles. The first kappa shape index (κ1) is 10.9. The van der Waals surface area contributed by atoms with E-state index in [0.717, 1.165) is 17.6 Å². The van der Waals surface area contributed by atoms with Crippen molar-refractivity contribution >= 4 is 28.7 Å². The topological polar surface area (TPSA) is 56.7 Å². The fraction of sp³-hybridized carbons (Fsp3) is 0.500. The second-order valence-electron chi connectivity index (χ2n) is 4.66. The minimum absolute atomic E-state index is 0.366. The summed E-state index contributed by atoms with van der Waals surface area (Å²) in [6.45, 7) is 0.959. The van der Waals surface area contributed by atoms with Crippen LogP contribution in [0.25, 0.3) is 11.0 Å². The molecule has 17 heavy (non-hydrogen) atoms. The predicted molar refractivity (Wildman–Crippen MR) is 72.0 cm³/mol. The molecule has 0 atom stereocenters. The number of thioether (sulfide) groups is 1. The second-order valence-corrected chi connectivity index (χ2v) is 5.94. The number of imidazole rings is 1. The molecule has 0 radical (unpaired) electrons. The summed E-state index contributed by atoms with van der Waals surface area (Å²) in [6.07, 6.45) is 9.64. The highest BCUT2D eigenvalue weighted by Crippen LogP contribution is 2.44. The normalized spacial score (nSPS) is 18.2. The molecule has 0 amide bonds. The lowest BCUT2D eigenvalue weighted by molar-refractivity contribution is 0.326. The number of nitrogens with two attached hydrogens (primary N) is 1. The van der Waals surface area contributed by atoms with Gasteiger partial charge < -0.3 is 10.3 Å². The van der Waals surface area contributed by atoms with Crippen LogP contribution in [0.2, 0.25) is 0 Å². The van der Waals surface area contributed by atoms with Crippen LogP contribution >= 0.6 is 11.8 Å². The smallest absolute Gasteiger partial charge is 0.201 e. The Hall–Kier alpha value is -1.23. The number of hydrogen-bond donors (Lipinski definition) is 1. The van der Waals surface area contributed by atoms with Crippen molar-refractivity contribution in [2.75, 3.05) is 12.0 Å². The Bertz CT molecular complexity index is 539. The summed E-state index contributed by atoms with van der Waals surface area (Å²) in [4.78, 5) is 8.44. The largest absolute Gasteiger partial charge is 0.369 e. The summed E-state index contributed by atoms with van der Waals surface area (Å²) in [5.41, 5.74) is 7.99. The van der Waals surface area contributed by atoms with Gasteiger partial charge in [-0.3, -0.25) is 4.98 Å². The number of nitrogens with zero attached hydrogens (tertiary/aromatic N) is 3. The summed E-state index contributed by atoms with van der Waals surface area (Å²) in [5.74, 6) is 0.605. The van der Waals surface area contributed by atoms with Gasteiger partial charge in [-0.1, -0.05) is 6.42 Å². The summed E-state index contributed by atoms with van der Waals surface area (Å²) in [6, 6.07) is 1.99. The molecule has 1 aliphatic rings.